The summed E-state index contributed by atoms with van der Waals surface area (Å²) >= 11 is 0. The minimum atomic E-state index is -1.68. The summed E-state index contributed by atoms with van der Waals surface area (Å²) in [6.07, 6.45) is 5.21. The Hall–Kier alpha value is -0.413. The summed E-state index contributed by atoms with van der Waals surface area (Å²) in [6, 6.07) is 0. The second kappa shape index (κ2) is 4.56. The van der Waals surface area contributed by atoms with Crippen molar-refractivity contribution in [3.05, 3.63) is 11.6 Å². The van der Waals surface area contributed by atoms with E-state index in [2.05, 4.69) is 46.9 Å². The van der Waals surface area contributed by atoms with Crippen molar-refractivity contribution >= 4 is 14.1 Å². The van der Waals surface area contributed by atoms with Gasteiger partial charge in [-0.15, -0.1) is 0 Å². The largest absolute Gasteiger partial charge is 0.417 e. The molecule has 0 heterocycles. The summed E-state index contributed by atoms with van der Waals surface area (Å²) in [4.78, 5) is 12.4. The lowest BCUT2D eigenvalue weighted by molar-refractivity contribution is -0.125. The molecular formula is C16H28O2Si. The van der Waals surface area contributed by atoms with Gasteiger partial charge in [-0.2, -0.15) is 0 Å². The van der Waals surface area contributed by atoms with Gasteiger partial charge in [-0.25, -0.2) is 0 Å². The molecule has 0 aromatic heterocycles. The second-order valence-electron chi connectivity index (χ2n) is 7.86. The molecule has 2 bridgehead atoms. The van der Waals surface area contributed by atoms with E-state index in [-0.39, 0.29) is 16.4 Å². The lowest BCUT2D eigenvalue weighted by Crippen LogP contribution is -2.41. The zero-order valence-electron chi connectivity index (χ0n) is 13.3. The number of carbonyl (C=O) groups is 1. The van der Waals surface area contributed by atoms with Gasteiger partial charge in [-0.05, 0) is 44.3 Å². The highest BCUT2D eigenvalue weighted by molar-refractivity contribution is 6.74. The Labute approximate surface area is 118 Å². The first-order valence-electron chi connectivity index (χ1n) is 7.47. The van der Waals surface area contributed by atoms with E-state index in [1.807, 2.05) is 0 Å². The maximum atomic E-state index is 12.4. The van der Waals surface area contributed by atoms with Crippen molar-refractivity contribution in [2.45, 2.75) is 65.1 Å². The molecule has 2 rings (SSSR count). The molecule has 0 N–H and O–H groups in total. The summed E-state index contributed by atoms with van der Waals surface area (Å²) < 4.78 is 6.24. The molecule has 0 unspecified atom stereocenters. The van der Waals surface area contributed by atoms with Crippen molar-refractivity contribution in [1.82, 2.24) is 0 Å². The highest BCUT2D eigenvalue weighted by atomic mass is 28.4. The average Bonchev–Trinajstić information content (AvgIpc) is 2.66. The molecule has 0 amide bonds. The number of fused-ring (bicyclic) bond motifs is 2. The molecule has 0 radical (unpaired) electrons. The predicted molar refractivity (Wildman–Crippen MR) is 81.7 cm³/mol. The second-order valence-corrected chi connectivity index (χ2v) is 12.7. The summed E-state index contributed by atoms with van der Waals surface area (Å²) in [7, 11) is -1.68. The van der Waals surface area contributed by atoms with Crippen LogP contribution in [-0.2, 0) is 9.22 Å². The van der Waals surface area contributed by atoms with Crippen LogP contribution in [0.15, 0.2) is 11.6 Å². The number of Topliss-reactive ketones (excluding diaryl/α,β-unsaturated/α-hetero) is 1. The molecule has 3 heteroatoms. The molecule has 19 heavy (non-hydrogen) atoms. The minimum Gasteiger partial charge on any atom is -0.417 e. The van der Waals surface area contributed by atoms with Crippen LogP contribution in [-0.4, -0.2) is 20.7 Å². The number of allylic oxidation sites excluding steroid dienone is 2. The van der Waals surface area contributed by atoms with Crippen LogP contribution >= 0.6 is 0 Å². The van der Waals surface area contributed by atoms with E-state index in [9.17, 15) is 4.79 Å². The predicted octanol–water partition coefficient (Wildman–Crippen LogP) is 4.32. The Morgan fingerprint density at radius 1 is 1.42 bits per heavy atom. The molecule has 0 aromatic carbocycles. The SMILES string of the molecule is CC1=C[C@@]2(CCO[Si](C)(C)C(C)(C)C)CC[C@@H]1C2=O. The zero-order chi connectivity index (χ0) is 14.5. The smallest absolute Gasteiger partial charge is 0.191 e. The van der Waals surface area contributed by atoms with Crippen LogP contribution in [0.3, 0.4) is 0 Å². The Balaban J connectivity index is 1.96. The van der Waals surface area contributed by atoms with Gasteiger partial charge < -0.3 is 4.43 Å². The van der Waals surface area contributed by atoms with Crippen molar-refractivity contribution in [1.29, 1.82) is 0 Å². The Kier molecular flexibility index (Phi) is 3.59. The zero-order valence-corrected chi connectivity index (χ0v) is 14.3. The molecule has 0 spiro atoms. The van der Waals surface area contributed by atoms with Crippen molar-refractivity contribution in [3.63, 3.8) is 0 Å². The van der Waals surface area contributed by atoms with Gasteiger partial charge in [0.25, 0.3) is 0 Å². The standard InChI is InChI=1S/C16H28O2Si/c1-12-11-16(8-7-13(12)14(16)17)9-10-18-19(5,6)15(2,3)4/h11,13H,7-10H2,1-6H3/t13-,16-/m0/s1. The molecule has 108 valence electrons. The van der Waals surface area contributed by atoms with E-state index in [1.54, 1.807) is 0 Å². The first kappa shape index (κ1) is 15.0. The fraction of sp³-hybridized carbons (Fsp3) is 0.812. The number of hydrogen-bond donors (Lipinski definition) is 0. The minimum absolute atomic E-state index is 0.170. The van der Waals surface area contributed by atoms with Crippen LogP contribution < -0.4 is 0 Å². The molecule has 0 aromatic rings. The lowest BCUT2D eigenvalue weighted by atomic mass is 9.83. The van der Waals surface area contributed by atoms with Crippen LogP contribution in [0.2, 0.25) is 18.1 Å². The fourth-order valence-electron chi connectivity index (χ4n) is 3.14. The summed E-state index contributed by atoms with van der Waals surface area (Å²) in [5.41, 5.74) is 1.13. The maximum Gasteiger partial charge on any atom is 0.191 e. The molecule has 0 aliphatic heterocycles. The third-order valence-electron chi connectivity index (χ3n) is 5.56. The molecule has 2 aliphatic carbocycles. The van der Waals surface area contributed by atoms with Gasteiger partial charge in [0, 0.05) is 17.9 Å². The molecule has 0 saturated heterocycles. The van der Waals surface area contributed by atoms with E-state index in [1.165, 1.54) is 5.57 Å². The summed E-state index contributed by atoms with van der Waals surface area (Å²) in [6.45, 7) is 14.2. The third-order valence-corrected chi connectivity index (χ3v) is 10.1. The van der Waals surface area contributed by atoms with Gasteiger partial charge >= 0.3 is 0 Å². The van der Waals surface area contributed by atoms with Crippen molar-refractivity contribution in [3.8, 4) is 0 Å². The Morgan fingerprint density at radius 2 is 2.05 bits per heavy atom. The molecule has 2 nitrogen and oxygen atoms in total. The Bertz CT molecular complexity index is 417. The van der Waals surface area contributed by atoms with Crippen LogP contribution in [0.25, 0.3) is 0 Å². The third kappa shape index (κ3) is 2.47. The lowest BCUT2D eigenvalue weighted by Gasteiger charge is -2.37. The normalized spacial score (nSPS) is 30.9. The molecule has 2 atom stereocenters. The van der Waals surface area contributed by atoms with Crippen LogP contribution in [0, 0.1) is 11.3 Å². The van der Waals surface area contributed by atoms with Gasteiger partial charge in [0.15, 0.2) is 8.32 Å². The highest BCUT2D eigenvalue weighted by Gasteiger charge is 2.51. The van der Waals surface area contributed by atoms with Gasteiger partial charge in [0.1, 0.15) is 5.78 Å². The molecule has 2 aliphatic rings. The van der Waals surface area contributed by atoms with Crippen molar-refractivity contribution in [2.75, 3.05) is 6.61 Å². The van der Waals surface area contributed by atoms with E-state index in [0.29, 0.717) is 5.78 Å². The average molecular weight is 280 g/mol. The number of ketones is 1. The van der Waals surface area contributed by atoms with Crippen molar-refractivity contribution in [2.24, 2.45) is 11.3 Å². The van der Waals surface area contributed by atoms with E-state index >= 15 is 0 Å². The quantitative estimate of drug-likeness (QED) is 0.566. The molecule has 1 saturated carbocycles. The van der Waals surface area contributed by atoms with E-state index < -0.39 is 8.32 Å². The van der Waals surface area contributed by atoms with Gasteiger partial charge in [-0.3, -0.25) is 4.79 Å². The Morgan fingerprint density at radius 3 is 2.47 bits per heavy atom. The van der Waals surface area contributed by atoms with Gasteiger partial charge in [0.05, 0.1) is 0 Å². The van der Waals surface area contributed by atoms with E-state index in [4.69, 9.17) is 4.43 Å². The maximum absolute atomic E-state index is 12.4. The van der Waals surface area contributed by atoms with Crippen molar-refractivity contribution < 1.29 is 9.22 Å². The topological polar surface area (TPSA) is 26.3 Å². The van der Waals surface area contributed by atoms with Gasteiger partial charge in [0.2, 0.25) is 0 Å². The van der Waals surface area contributed by atoms with E-state index in [0.717, 1.165) is 25.9 Å². The molecule has 1 fully saturated rings. The van der Waals surface area contributed by atoms with Crippen LogP contribution in [0.1, 0.15) is 47.0 Å². The monoisotopic (exact) mass is 280 g/mol. The summed E-state index contributed by atoms with van der Waals surface area (Å²) in [5, 5.41) is 0.244. The number of carbonyl (C=O) groups excluding carboxylic acids is 1. The van der Waals surface area contributed by atoms with Gasteiger partial charge in [-0.1, -0.05) is 32.4 Å². The number of hydrogen-bond acceptors (Lipinski definition) is 2. The van der Waals surface area contributed by atoms with Crippen LogP contribution in [0.4, 0.5) is 0 Å². The highest BCUT2D eigenvalue weighted by Crippen LogP contribution is 2.51. The van der Waals surface area contributed by atoms with Crippen LogP contribution in [0.5, 0.6) is 0 Å². The number of rotatable bonds is 4. The first-order chi connectivity index (χ1) is 8.59. The fourth-order valence-corrected chi connectivity index (χ4v) is 4.19. The summed E-state index contributed by atoms with van der Waals surface area (Å²) in [5.74, 6) is 0.691. The molecular weight excluding hydrogens is 252 g/mol. The first-order valence-corrected chi connectivity index (χ1v) is 10.4.